The summed E-state index contributed by atoms with van der Waals surface area (Å²) < 4.78 is 7.33. The highest BCUT2D eigenvalue weighted by Gasteiger charge is 2.24. The highest BCUT2D eigenvalue weighted by Crippen LogP contribution is 2.26. The molecule has 1 aliphatic rings. The van der Waals surface area contributed by atoms with Crippen LogP contribution in [0.3, 0.4) is 0 Å². The molecule has 0 bridgehead atoms. The third-order valence-corrected chi connectivity index (χ3v) is 4.08. The maximum atomic E-state index is 11.7. The molecule has 1 fully saturated rings. The molecule has 1 aliphatic heterocycles. The van der Waals surface area contributed by atoms with Crippen LogP contribution in [0.4, 0.5) is 5.82 Å². The van der Waals surface area contributed by atoms with Crippen LogP contribution in [0.25, 0.3) is 0 Å². The van der Waals surface area contributed by atoms with Gasteiger partial charge in [-0.1, -0.05) is 0 Å². The van der Waals surface area contributed by atoms with Crippen LogP contribution in [0.5, 0.6) is 5.88 Å². The van der Waals surface area contributed by atoms with Crippen molar-refractivity contribution in [2.75, 3.05) is 31.6 Å². The molecular formula is C16H22N6O2. The van der Waals surface area contributed by atoms with Gasteiger partial charge in [0.1, 0.15) is 17.8 Å². The lowest BCUT2D eigenvalue weighted by molar-refractivity contribution is 0.0957. The van der Waals surface area contributed by atoms with Crippen LogP contribution in [0.1, 0.15) is 36.3 Å². The summed E-state index contributed by atoms with van der Waals surface area (Å²) in [4.78, 5) is 22.3. The zero-order valence-corrected chi connectivity index (χ0v) is 14.0. The second kappa shape index (κ2) is 7.29. The lowest BCUT2D eigenvalue weighted by Gasteiger charge is -2.33. The Morgan fingerprint density at radius 1 is 1.46 bits per heavy atom. The molecule has 0 aromatic carbocycles. The zero-order valence-electron chi connectivity index (χ0n) is 14.0. The Balaban J connectivity index is 1.73. The number of hydrogen-bond donors (Lipinski definition) is 1. The molecule has 1 unspecified atom stereocenters. The van der Waals surface area contributed by atoms with Crippen LogP contribution in [-0.2, 0) is 0 Å². The maximum Gasteiger partial charge on any atom is 0.271 e. The van der Waals surface area contributed by atoms with E-state index in [-0.39, 0.29) is 11.9 Å². The third-order valence-electron chi connectivity index (χ3n) is 4.08. The van der Waals surface area contributed by atoms with E-state index < -0.39 is 0 Å². The van der Waals surface area contributed by atoms with Crippen molar-refractivity contribution in [3.8, 4) is 5.88 Å². The lowest BCUT2D eigenvalue weighted by Crippen LogP contribution is -2.37. The topological polar surface area (TPSA) is 85.2 Å². The summed E-state index contributed by atoms with van der Waals surface area (Å²) in [6.45, 7) is 4.23. The van der Waals surface area contributed by atoms with Crippen LogP contribution in [-0.4, -0.2) is 52.4 Å². The molecule has 1 saturated heterocycles. The van der Waals surface area contributed by atoms with Gasteiger partial charge in [-0.15, -0.1) is 0 Å². The molecule has 0 spiro atoms. The number of nitrogens with one attached hydrogen (secondary N) is 1. The van der Waals surface area contributed by atoms with Gasteiger partial charge in [0, 0.05) is 32.4 Å². The minimum Gasteiger partial charge on any atom is -0.478 e. The Morgan fingerprint density at radius 2 is 2.33 bits per heavy atom. The van der Waals surface area contributed by atoms with Crippen LogP contribution < -0.4 is 15.0 Å². The van der Waals surface area contributed by atoms with Gasteiger partial charge in [0.2, 0.25) is 5.88 Å². The van der Waals surface area contributed by atoms with Gasteiger partial charge in [0.05, 0.1) is 12.6 Å². The quantitative estimate of drug-likeness (QED) is 0.889. The maximum absolute atomic E-state index is 11.7. The molecule has 0 radical (unpaired) electrons. The fourth-order valence-electron chi connectivity index (χ4n) is 2.90. The van der Waals surface area contributed by atoms with E-state index in [0.717, 1.165) is 31.7 Å². The number of carbonyl (C=O) groups is 1. The molecule has 8 nitrogen and oxygen atoms in total. The molecule has 1 atom stereocenters. The predicted octanol–water partition coefficient (Wildman–Crippen LogP) is 1.27. The summed E-state index contributed by atoms with van der Waals surface area (Å²) in [5.74, 6) is 1.28. The number of aromatic nitrogens is 4. The molecular weight excluding hydrogens is 308 g/mol. The SMILES string of the molecule is CCOc1cc(N2CCCC(n3ccc(C(=O)NC)n3)C2)ncn1. The molecule has 2 aromatic heterocycles. The molecule has 0 saturated carbocycles. The van der Waals surface area contributed by atoms with Gasteiger partial charge in [0.25, 0.3) is 5.91 Å². The Bertz CT molecular complexity index is 701. The first-order valence-corrected chi connectivity index (χ1v) is 8.18. The standard InChI is InChI=1S/C16H22N6O2/c1-3-24-15-9-14(18-11-19-15)21-7-4-5-12(10-21)22-8-6-13(20-22)16(23)17-2/h6,8-9,11-12H,3-5,7,10H2,1-2H3,(H,17,23). The number of rotatable bonds is 5. The van der Waals surface area contributed by atoms with Crippen LogP contribution in [0.2, 0.25) is 0 Å². The second-order valence-electron chi connectivity index (χ2n) is 5.65. The average molecular weight is 330 g/mol. The Morgan fingerprint density at radius 3 is 3.12 bits per heavy atom. The van der Waals surface area contributed by atoms with Crippen LogP contribution >= 0.6 is 0 Å². The first-order chi connectivity index (χ1) is 11.7. The van der Waals surface area contributed by atoms with Gasteiger partial charge in [-0.3, -0.25) is 9.48 Å². The van der Waals surface area contributed by atoms with Gasteiger partial charge in [0.15, 0.2) is 0 Å². The minimum atomic E-state index is -0.168. The fourth-order valence-corrected chi connectivity index (χ4v) is 2.90. The van der Waals surface area contributed by atoms with Crippen LogP contribution in [0.15, 0.2) is 24.7 Å². The van der Waals surface area contributed by atoms with Crippen LogP contribution in [0, 0.1) is 0 Å². The molecule has 1 N–H and O–H groups in total. The Labute approximate surface area is 140 Å². The minimum absolute atomic E-state index is 0.168. The van der Waals surface area contributed by atoms with E-state index in [4.69, 9.17) is 4.74 Å². The summed E-state index contributed by atoms with van der Waals surface area (Å²) in [6, 6.07) is 3.82. The molecule has 24 heavy (non-hydrogen) atoms. The van der Waals surface area contributed by atoms with Gasteiger partial charge >= 0.3 is 0 Å². The van der Waals surface area contributed by atoms with E-state index in [1.807, 2.05) is 23.9 Å². The molecule has 2 aromatic rings. The highest BCUT2D eigenvalue weighted by atomic mass is 16.5. The third kappa shape index (κ3) is 3.47. The normalized spacial score (nSPS) is 17.6. The fraction of sp³-hybridized carbons (Fsp3) is 0.500. The predicted molar refractivity (Wildman–Crippen MR) is 89.3 cm³/mol. The molecule has 0 aliphatic carbocycles. The van der Waals surface area contributed by atoms with E-state index in [2.05, 4.69) is 25.3 Å². The molecule has 1 amide bonds. The number of hydrogen-bond acceptors (Lipinski definition) is 6. The number of anilines is 1. The zero-order chi connectivity index (χ0) is 16.9. The second-order valence-corrected chi connectivity index (χ2v) is 5.65. The van der Waals surface area contributed by atoms with E-state index in [9.17, 15) is 4.79 Å². The van der Waals surface area contributed by atoms with E-state index in [0.29, 0.717) is 18.2 Å². The summed E-state index contributed by atoms with van der Waals surface area (Å²) in [5, 5.41) is 6.99. The van der Waals surface area contributed by atoms with Crippen molar-refractivity contribution < 1.29 is 9.53 Å². The van der Waals surface area contributed by atoms with Gasteiger partial charge in [-0.25, -0.2) is 9.97 Å². The first-order valence-electron chi connectivity index (χ1n) is 8.18. The molecule has 128 valence electrons. The first kappa shape index (κ1) is 16.2. The average Bonchev–Trinajstić information content (AvgIpc) is 3.12. The number of amides is 1. The largest absolute Gasteiger partial charge is 0.478 e. The summed E-state index contributed by atoms with van der Waals surface area (Å²) >= 11 is 0. The summed E-state index contributed by atoms with van der Waals surface area (Å²) in [7, 11) is 1.61. The van der Waals surface area contributed by atoms with Crippen molar-refractivity contribution in [1.29, 1.82) is 0 Å². The van der Waals surface area contributed by atoms with Gasteiger partial charge < -0.3 is 15.0 Å². The van der Waals surface area contributed by atoms with Crippen molar-refractivity contribution in [2.24, 2.45) is 0 Å². The molecule has 3 heterocycles. The van der Waals surface area contributed by atoms with Crippen molar-refractivity contribution in [3.63, 3.8) is 0 Å². The van der Waals surface area contributed by atoms with Crippen molar-refractivity contribution in [3.05, 3.63) is 30.4 Å². The monoisotopic (exact) mass is 330 g/mol. The van der Waals surface area contributed by atoms with Gasteiger partial charge in [-0.05, 0) is 25.8 Å². The summed E-state index contributed by atoms with van der Waals surface area (Å²) in [5.41, 5.74) is 0.440. The number of nitrogens with zero attached hydrogens (tertiary/aromatic N) is 5. The van der Waals surface area contributed by atoms with Crippen molar-refractivity contribution >= 4 is 11.7 Å². The van der Waals surface area contributed by atoms with E-state index in [1.165, 1.54) is 6.33 Å². The van der Waals surface area contributed by atoms with Crippen molar-refractivity contribution in [1.82, 2.24) is 25.1 Å². The highest BCUT2D eigenvalue weighted by molar-refractivity contribution is 5.91. The Hall–Kier alpha value is -2.64. The van der Waals surface area contributed by atoms with E-state index >= 15 is 0 Å². The van der Waals surface area contributed by atoms with Gasteiger partial charge in [-0.2, -0.15) is 5.10 Å². The number of ether oxygens (including phenoxy) is 1. The summed E-state index contributed by atoms with van der Waals surface area (Å²) in [6.07, 6.45) is 5.45. The number of piperidine rings is 1. The number of carbonyl (C=O) groups excluding carboxylic acids is 1. The Kier molecular flexibility index (Phi) is 4.93. The lowest BCUT2D eigenvalue weighted by atomic mass is 10.1. The molecule has 3 rings (SSSR count). The van der Waals surface area contributed by atoms with E-state index in [1.54, 1.807) is 13.1 Å². The van der Waals surface area contributed by atoms with Crippen molar-refractivity contribution in [2.45, 2.75) is 25.8 Å². The smallest absolute Gasteiger partial charge is 0.271 e. The molecule has 8 heteroatoms.